The van der Waals surface area contributed by atoms with Gasteiger partial charge < -0.3 is 20.2 Å². The maximum absolute atomic E-state index is 12.7. The number of rotatable bonds is 4. The molecule has 4 rings (SSSR count). The van der Waals surface area contributed by atoms with Gasteiger partial charge >= 0.3 is 0 Å². The maximum Gasteiger partial charge on any atom is 0.259 e. The Bertz CT molecular complexity index is 1170. The molecule has 3 N–H and O–H groups in total. The smallest absolute Gasteiger partial charge is 0.259 e. The number of anilines is 3. The van der Waals surface area contributed by atoms with E-state index in [1.807, 2.05) is 62.4 Å². The summed E-state index contributed by atoms with van der Waals surface area (Å²) < 4.78 is 0. The van der Waals surface area contributed by atoms with Crippen LogP contribution < -0.4 is 15.8 Å². The Hall–Kier alpha value is -3.61. The SMILES string of the molecule is Cc1cccnc1-c1cc(Nc2ccnc3[nH]ccc23)c(N(C)C)[nH]c1=O. The van der Waals surface area contributed by atoms with Crippen LogP contribution >= 0.6 is 0 Å². The highest BCUT2D eigenvalue weighted by atomic mass is 16.1. The molecule has 0 amide bonds. The Morgan fingerprint density at radius 1 is 1.07 bits per heavy atom. The van der Waals surface area contributed by atoms with Crippen LogP contribution in [0.3, 0.4) is 0 Å². The zero-order chi connectivity index (χ0) is 19.0. The molecule has 0 aliphatic heterocycles. The van der Waals surface area contributed by atoms with Gasteiger partial charge in [0.25, 0.3) is 5.56 Å². The summed E-state index contributed by atoms with van der Waals surface area (Å²) in [6.45, 7) is 1.95. The number of hydrogen-bond acceptors (Lipinski definition) is 5. The summed E-state index contributed by atoms with van der Waals surface area (Å²) in [5, 5.41) is 4.42. The van der Waals surface area contributed by atoms with Gasteiger partial charge in [0.1, 0.15) is 11.5 Å². The van der Waals surface area contributed by atoms with E-state index in [4.69, 9.17) is 0 Å². The third kappa shape index (κ3) is 3.03. The molecule has 7 nitrogen and oxygen atoms in total. The Morgan fingerprint density at radius 2 is 1.93 bits per heavy atom. The van der Waals surface area contributed by atoms with E-state index >= 15 is 0 Å². The average Bonchev–Trinajstić information content (AvgIpc) is 3.13. The quantitative estimate of drug-likeness (QED) is 0.519. The highest BCUT2D eigenvalue weighted by molar-refractivity contribution is 5.92. The number of aryl methyl sites for hydroxylation is 1. The molecular weight excluding hydrogens is 340 g/mol. The Labute approximate surface area is 156 Å². The maximum atomic E-state index is 12.7. The number of nitrogens with one attached hydrogen (secondary N) is 3. The van der Waals surface area contributed by atoms with Gasteiger partial charge in [0, 0.05) is 38.1 Å². The van der Waals surface area contributed by atoms with Crippen LogP contribution in [0.25, 0.3) is 22.3 Å². The number of aromatic amines is 2. The number of pyridine rings is 3. The van der Waals surface area contributed by atoms with E-state index in [2.05, 4.69) is 25.3 Å². The minimum absolute atomic E-state index is 0.174. The molecule has 0 spiro atoms. The van der Waals surface area contributed by atoms with Crippen LogP contribution in [-0.2, 0) is 0 Å². The van der Waals surface area contributed by atoms with Gasteiger partial charge in [0.2, 0.25) is 0 Å². The first-order valence-electron chi connectivity index (χ1n) is 8.60. The van der Waals surface area contributed by atoms with Crippen molar-refractivity contribution in [3.8, 4) is 11.3 Å². The van der Waals surface area contributed by atoms with Crippen LogP contribution in [0.4, 0.5) is 17.2 Å². The molecule has 0 atom stereocenters. The predicted octanol–water partition coefficient (Wildman–Crippen LogP) is 3.43. The van der Waals surface area contributed by atoms with E-state index in [-0.39, 0.29) is 5.56 Å². The van der Waals surface area contributed by atoms with Crippen LogP contribution in [0.1, 0.15) is 5.56 Å². The second-order valence-electron chi connectivity index (χ2n) is 6.56. The molecule has 0 aliphatic rings. The lowest BCUT2D eigenvalue weighted by Crippen LogP contribution is -2.20. The topological polar surface area (TPSA) is 89.7 Å². The molecule has 0 fully saturated rings. The molecule has 0 radical (unpaired) electrons. The molecule has 0 aliphatic carbocycles. The zero-order valence-corrected chi connectivity index (χ0v) is 15.4. The van der Waals surface area contributed by atoms with Crippen LogP contribution in [0.15, 0.2) is 53.7 Å². The van der Waals surface area contributed by atoms with E-state index in [0.29, 0.717) is 17.1 Å². The Balaban J connectivity index is 1.88. The minimum atomic E-state index is -0.174. The van der Waals surface area contributed by atoms with E-state index in [9.17, 15) is 4.79 Å². The van der Waals surface area contributed by atoms with Gasteiger partial charge in [-0.25, -0.2) is 4.98 Å². The van der Waals surface area contributed by atoms with E-state index in [1.54, 1.807) is 12.4 Å². The first-order chi connectivity index (χ1) is 13.0. The van der Waals surface area contributed by atoms with Gasteiger partial charge in [0.05, 0.1) is 22.6 Å². The molecule has 0 saturated heterocycles. The van der Waals surface area contributed by atoms with Crippen molar-refractivity contribution in [3.05, 3.63) is 64.8 Å². The van der Waals surface area contributed by atoms with Crippen molar-refractivity contribution in [2.75, 3.05) is 24.3 Å². The Morgan fingerprint density at radius 3 is 2.70 bits per heavy atom. The summed E-state index contributed by atoms with van der Waals surface area (Å²) >= 11 is 0. The number of nitrogens with zero attached hydrogens (tertiary/aromatic N) is 3. The summed E-state index contributed by atoms with van der Waals surface area (Å²) in [6.07, 6.45) is 5.29. The molecule has 0 aromatic carbocycles. The van der Waals surface area contributed by atoms with Crippen LogP contribution in [0.2, 0.25) is 0 Å². The van der Waals surface area contributed by atoms with Gasteiger partial charge in [-0.3, -0.25) is 9.78 Å². The first kappa shape index (κ1) is 16.8. The second kappa shape index (κ2) is 6.60. The zero-order valence-electron chi connectivity index (χ0n) is 15.4. The fourth-order valence-electron chi connectivity index (χ4n) is 3.13. The fraction of sp³-hybridized carbons (Fsp3) is 0.150. The number of fused-ring (bicyclic) bond motifs is 1. The van der Waals surface area contributed by atoms with Crippen molar-refractivity contribution in [1.82, 2.24) is 19.9 Å². The van der Waals surface area contributed by atoms with Gasteiger partial charge in [0.15, 0.2) is 0 Å². The normalized spacial score (nSPS) is 10.9. The fourth-order valence-corrected chi connectivity index (χ4v) is 3.13. The monoisotopic (exact) mass is 360 g/mol. The third-order valence-corrected chi connectivity index (χ3v) is 4.46. The molecular formula is C20H20N6O. The van der Waals surface area contributed by atoms with E-state index < -0.39 is 0 Å². The van der Waals surface area contributed by atoms with Crippen molar-refractivity contribution in [3.63, 3.8) is 0 Å². The van der Waals surface area contributed by atoms with Crippen molar-refractivity contribution >= 4 is 28.2 Å². The van der Waals surface area contributed by atoms with Gasteiger partial charge in [-0.05, 0) is 36.8 Å². The van der Waals surface area contributed by atoms with Gasteiger partial charge in [-0.2, -0.15) is 0 Å². The minimum Gasteiger partial charge on any atom is -0.362 e. The van der Waals surface area contributed by atoms with Crippen molar-refractivity contribution in [2.24, 2.45) is 0 Å². The van der Waals surface area contributed by atoms with Crippen LogP contribution in [0.5, 0.6) is 0 Å². The lowest BCUT2D eigenvalue weighted by atomic mass is 10.1. The number of hydrogen-bond donors (Lipinski definition) is 3. The molecule has 27 heavy (non-hydrogen) atoms. The van der Waals surface area contributed by atoms with Crippen molar-refractivity contribution in [1.29, 1.82) is 0 Å². The summed E-state index contributed by atoms with van der Waals surface area (Å²) in [4.78, 5) is 29.4. The molecule has 0 saturated carbocycles. The standard InChI is InChI=1S/C20H20N6O/c1-12-5-4-8-21-17(12)14-11-16(19(26(2)3)25-20(14)27)24-15-7-10-23-18-13(15)6-9-22-18/h4-11H,1-3H3,(H,25,27)(H2,22,23,24). The largest absolute Gasteiger partial charge is 0.362 e. The third-order valence-electron chi connectivity index (χ3n) is 4.46. The van der Waals surface area contributed by atoms with Crippen LogP contribution in [-0.4, -0.2) is 34.0 Å². The van der Waals surface area contributed by atoms with Gasteiger partial charge in [-0.1, -0.05) is 6.07 Å². The van der Waals surface area contributed by atoms with Gasteiger partial charge in [-0.15, -0.1) is 0 Å². The molecule has 4 heterocycles. The molecule has 0 bridgehead atoms. The molecule has 4 aromatic heterocycles. The number of H-pyrrole nitrogens is 2. The first-order valence-corrected chi connectivity index (χ1v) is 8.60. The summed E-state index contributed by atoms with van der Waals surface area (Å²) in [5.41, 5.74) is 4.47. The Kier molecular flexibility index (Phi) is 4.12. The van der Waals surface area contributed by atoms with E-state index in [0.717, 1.165) is 28.0 Å². The van der Waals surface area contributed by atoms with Crippen molar-refractivity contribution < 1.29 is 0 Å². The summed E-state index contributed by atoms with van der Waals surface area (Å²) in [6, 6.07) is 9.53. The lowest BCUT2D eigenvalue weighted by Gasteiger charge is -2.19. The second-order valence-corrected chi connectivity index (χ2v) is 6.56. The lowest BCUT2D eigenvalue weighted by molar-refractivity contribution is 1.05. The van der Waals surface area contributed by atoms with Crippen molar-refractivity contribution in [2.45, 2.75) is 6.92 Å². The summed E-state index contributed by atoms with van der Waals surface area (Å²) in [5.74, 6) is 0.692. The average molecular weight is 360 g/mol. The highest BCUT2D eigenvalue weighted by Gasteiger charge is 2.15. The molecule has 0 unspecified atom stereocenters. The molecule has 136 valence electrons. The molecule has 4 aromatic rings. The number of aromatic nitrogens is 4. The van der Waals surface area contributed by atoms with E-state index in [1.165, 1.54) is 0 Å². The highest BCUT2D eigenvalue weighted by Crippen LogP contribution is 2.31. The predicted molar refractivity (Wildman–Crippen MR) is 109 cm³/mol. The molecule has 7 heteroatoms. The van der Waals surface area contributed by atoms with Crippen LogP contribution in [0, 0.1) is 6.92 Å². The summed E-state index contributed by atoms with van der Waals surface area (Å²) in [7, 11) is 3.78.